The molecule has 0 aliphatic carbocycles. The fourth-order valence-corrected chi connectivity index (χ4v) is 2.90. The van der Waals surface area contributed by atoms with Gasteiger partial charge >= 0.3 is 12.0 Å². The van der Waals surface area contributed by atoms with Crippen LogP contribution in [-0.2, 0) is 9.59 Å². The minimum atomic E-state index is -1.09. The highest BCUT2D eigenvalue weighted by molar-refractivity contribution is 5.90. The van der Waals surface area contributed by atoms with Crippen LogP contribution in [0.25, 0.3) is 0 Å². The Balaban J connectivity index is 2.13. The molecule has 0 aromatic rings. The molecule has 0 bridgehead atoms. The smallest absolute Gasteiger partial charge is 0.328 e. The zero-order valence-electron chi connectivity index (χ0n) is 12.2. The molecule has 0 saturated carbocycles. The highest BCUT2D eigenvalue weighted by Crippen LogP contribution is 2.16. The van der Waals surface area contributed by atoms with Crippen LogP contribution in [-0.4, -0.2) is 77.6 Å². The van der Waals surface area contributed by atoms with Gasteiger partial charge in [0.15, 0.2) is 0 Å². The molecular weight excluding hydrogens is 276 g/mol. The molecule has 2 rings (SSSR count). The van der Waals surface area contributed by atoms with Crippen LogP contribution in [0.5, 0.6) is 0 Å². The Bertz CT molecular complexity index is 422. The lowest BCUT2D eigenvalue weighted by atomic mass is 10.0. The van der Waals surface area contributed by atoms with Crippen molar-refractivity contribution >= 4 is 17.9 Å². The van der Waals surface area contributed by atoms with Gasteiger partial charge in [0.25, 0.3) is 0 Å². The van der Waals surface area contributed by atoms with Crippen LogP contribution in [0.1, 0.15) is 19.8 Å². The SMILES string of the molecule is CCN(C(=O)N1CC(=O)NCC1C(=O)O)C1CCNCC1. The number of urea groups is 1. The first-order valence-electron chi connectivity index (χ1n) is 7.32. The molecule has 8 heteroatoms. The van der Waals surface area contributed by atoms with Crippen molar-refractivity contribution in [1.82, 2.24) is 20.4 Å². The Morgan fingerprint density at radius 2 is 2.05 bits per heavy atom. The van der Waals surface area contributed by atoms with Crippen molar-refractivity contribution < 1.29 is 19.5 Å². The fraction of sp³-hybridized carbons (Fsp3) is 0.769. The van der Waals surface area contributed by atoms with Gasteiger partial charge in [0, 0.05) is 19.1 Å². The number of nitrogens with zero attached hydrogens (tertiary/aromatic N) is 2. The van der Waals surface area contributed by atoms with E-state index >= 15 is 0 Å². The first kappa shape index (κ1) is 15.6. The van der Waals surface area contributed by atoms with Gasteiger partial charge in [0.2, 0.25) is 5.91 Å². The molecule has 1 atom stereocenters. The molecule has 0 aromatic heterocycles. The number of rotatable bonds is 3. The Hall–Kier alpha value is -1.83. The number of carbonyl (C=O) groups is 3. The zero-order chi connectivity index (χ0) is 15.4. The number of carboxylic acid groups (broad SMARTS) is 1. The highest BCUT2D eigenvalue weighted by atomic mass is 16.4. The summed E-state index contributed by atoms with van der Waals surface area (Å²) in [6.45, 7) is 3.84. The van der Waals surface area contributed by atoms with Gasteiger partial charge in [-0.2, -0.15) is 0 Å². The van der Waals surface area contributed by atoms with Crippen molar-refractivity contribution in [2.45, 2.75) is 31.8 Å². The molecular formula is C13H22N4O4. The summed E-state index contributed by atoms with van der Waals surface area (Å²) in [6.07, 6.45) is 1.69. The summed E-state index contributed by atoms with van der Waals surface area (Å²) in [6, 6.07) is -1.25. The van der Waals surface area contributed by atoms with Crippen molar-refractivity contribution in [3.05, 3.63) is 0 Å². The van der Waals surface area contributed by atoms with Crippen LogP contribution < -0.4 is 10.6 Å². The fourth-order valence-electron chi connectivity index (χ4n) is 2.90. The number of carboxylic acids is 1. The average Bonchev–Trinajstić information content (AvgIpc) is 2.48. The lowest BCUT2D eigenvalue weighted by molar-refractivity contribution is -0.144. The summed E-state index contributed by atoms with van der Waals surface area (Å²) in [4.78, 5) is 38.3. The molecule has 2 aliphatic heterocycles. The second kappa shape index (κ2) is 6.75. The van der Waals surface area contributed by atoms with Gasteiger partial charge in [-0.1, -0.05) is 0 Å². The van der Waals surface area contributed by atoms with E-state index in [1.165, 1.54) is 4.90 Å². The number of piperazine rings is 1. The van der Waals surface area contributed by atoms with Gasteiger partial charge < -0.3 is 20.6 Å². The molecule has 8 nitrogen and oxygen atoms in total. The van der Waals surface area contributed by atoms with E-state index in [0.717, 1.165) is 25.9 Å². The first-order valence-corrected chi connectivity index (χ1v) is 7.32. The zero-order valence-corrected chi connectivity index (χ0v) is 12.2. The van der Waals surface area contributed by atoms with Gasteiger partial charge in [-0.05, 0) is 32.9 Å². The number of hydrogen-bond donors (Lipinski definition) is 3. The van der Waals surface area contributed by atoms with Gasteiger partial charge in [0.05, 0.1) is 0 Å². The number of carbonyl (C=O) groups excluding carboxylic acids is 2. The molecule has 0 spiro atoms. The molecule has 2 aliphatic rings. The third kappa shape index (κ3) is 3.44. The normalized spacial score (nSPS) is 23.6. The Morgan fingerprint density at radius 3 is 2.62 bits per heavy atom. The van der Waals surface area contributed by atoms with Crippen LogP contribution in [0.15, 0.2) is 0 Å². The molecule has 2 fully saturated rings. The lowest BCUT2D eigenvalue weighted by Gasteiger charge is -2.40. The summed E-state index contributed by atoms with van der Waals surface area (Å²) < 4.78 is 0. The standard InChI is InChI=1S/C13H22N4O4/c1-2-16(9-3-5-14-6-4-9)13(21)17-8-11(18)15-7-10(17)12(19)20/h9-10,14H,2-8H2,1H3,(H,15,18)(H,19,20). The second-order valence-electron chi connectivity index (χ2n) is 5.34. The molecule has 1 unspecified atom stereocenters. The maximum absolute atomic E-state index is 12.7. The molecule has 0 radical (unpaired) electrons. The van der Waals surface area contributed by atoms with Crippen LogP contribution in [0.2, 0.25) is 0 Å². The van der Waals surface area contributed by atoms with Crippen LogP contribution in [0, 0.1) is 0 Å². The van der Waals surface area contributed by atoms with Gasteiger partial charge in [-0.25, -0.2) is 9.59 Å². The minimum Gasteiger partial charge on any atom is -0.480 e. The van der Waals surface area contributed by atoms with Crippen molar-refractivity contribution in [3.8, 4) is 0 Å². The number of nitrogens with one attached hydrogen (secondary N) is 2. The quantitative estimate of drug-likeness (QED) is 0.624. The van der Waals surface area contributed by atoms with E-state index in [-0.39, 0.29) is 31.1 Å². The molecule has 2 heterocycles. The second-order valence-corrected chi connectivity index (χ2v) is 5.34. The third-order valence-corrected chi connectivity index (χ3v) is 4.05. The van der Waals surface area contributed by atoms with E-state index in [4.69, 9.17) is 0 Å². The van der Waals surface area contributed by atoms with Crippen LogP contribution >= 0.6 is 0 Å². The Kier molecular flexibility index (Phi) is 5.00. The summed E-state index contributed by atoms with van der Waals surface area (Å²) in [7, 11) is 0. The van der Waals surface area contributed by atoms with Gasteiger partial charge in [-0.15, -0.1) is 0 Å². The lowest BCUT2D eigenvalue weighted by Crippen LogP contribution is -2.63. The third-order valence-electron chi connectivity index (χ3n) is 4.05. The number of aliphatic carboxylic acids is 1. The van der Waals surface area contributed by atoms with Gasteiger partial charge in [-0.3, -0.25) is 9.69 Å². The van der Waals surface area contributed by atoms with E-state index in [9.17, 15) is 19.5 Å². The predicted octanol–water partition coefficient (Wildman–Crippen LogP) is -0.935. The van der Waals surface area contributed by atoms with E-state index in [1.54, 1.807) is 4.90 Å². The van der Waals surface area contributed by atoms with E-state index in [1.807, 2.05) is 6.92 Å². The largest absolute Gasteiger partial charge is 0.480 e. The maximum Gasteiger partial charge on any atom is 0.328 e. The molecule has 118 valence electrons. The van der Waals surface area contributed by atoms with Crippen molar-refractivity contribution in [2.24, 2.45) is 0 Å². The molecule has 2 saturated heterocycles. The number of piperidine rings is 1. The topological polar surface area (TPSA) is 102 Å². The molecule has 3 N–H and O–H groups in total. The Labute approximate surface area is 123 Å². The summed E-state index contributed by atoms with van der Waals surface area (Å²) in [5, 5.41) is 15.0. The molecule has 21 heavy (non-hydrogen) atoms. The Morgan fingerprint density at radius 1 is 1.38 bits per heavy atom. The maximum atomic E-state index is 12.7. The number of amides is 3. The van der Waals surface area contributed by atoms with Crippen molar-refractivity contribution in [1.29, 1.82) is 0 Å². The predicted molar refractivity (Wildman–Crippen MR) is 74.8 cm³/mol. The molecule has 3 amide bonds. The van der Waals surface area contributed by atoms with Gasteiger partial charge in [0.1, 0.15) is 12.6 Å². The minimum absolute atomic E-state index is 0.0380. The van der Waals surface area contributed by atoms with E-state index in [2.05, 4.69) is 10.6 Å². The van der Waals surface area contributed by atoms with E-state index in [0.29, 0.717) is 6.54 Å². The van der Waals surface area contributed by atoms with Crippen molar-refractivity contribution in [3.63, 3.8) is 0 Å². The average molecular weight is 298 g/mol. The van der Waals surface area contributed by atoms with Crippen LogP contribution in [0.4, 0.5) is 4.79 Å². The number of hydrogen-bond acceptors (Lipinski definition) is 4. The van der Waals surface area contributed by atoms with Crippen molar-refractivity contribution in [2.75, 3.05) is 32.7 Å². The first-order chi connectivity index (χ1) is 10.0. The van der Waals surface area contributed by atoms with E-state index < -0.39 is 12.0 Å². The highest BCUT2D eigenvalue weighted by Gasteiger charge is 2.38. The monoisotopic (exact) mass is 298 g/mol. The summed E-state index contributed by atoms with van der Waals surface area (Å²) in [5.41, 5.74) is 0. The summed E-state index contributed by atoms with van der Waals surface area (Å²) >= 11 is 0. The molecule has 0 aromatic carbocycles. The van der Waals surface area contributed by atoms with Crippen LogP contribution in [0.3, 0.4) is 0 Å². The summed E-state index contributed by atoms with van der Waals surface area (Å²) in [5.74, 6) is -1.41.